The number of aliphatic hydroxyl groups is 1. The van der Waals surface area contributed by atoms with E-state index in [1.807, 2.05) is 6.21 Å². The average molecular weight is 215 g/mol. The normalized spacial score (nSPS) is 32.7. The van der Waals surface area contributed by atoms with Gasteiger partial charge in [0.2, 0.25) is 0 Å². The second kappa shape index (κ2) is 3.70. The lowest BCUT2D eigenvalue weighted by atomic mass is 9.67. The monoisotopic (exact) mass is 215 g/mol. The van der Waals surface area contributed by atoms with Gasteiger partial charge in [-0.3, -0.25) is 4.99 Å². The van der Waals surface area contributed by atoms with Crippen LogP contribution in [0.4, 0.5) is 0 Å². The molecule has 1 saturated carbocycles. The quantitative estimate of drug-likeness (QED) is 0.707. The van der Waals surface area contributed by atoms with Crippen LogP contribution in [0.3, 0.4) is 0 Å². The highest BCUT2D eigenvalue weighted by Gasteiger charge is 2.38. The van der Waals surface area contributed by atoms with Gasteiger partial charge in [-0.15, -0.1) is 0 Å². The highest BCUT2D eigenvalue weighted by Crippen LogP contribution is 2.42. The Bertz CT molecular complexity index is 416. The van der Waals surface area contributed by atoms with E-state index < -0.39 is 0 Å². The summed E-state index contributed by atoms with van der Waals surface area (Å²) in [7, 11) is 0. The SMILES string of the molecule is OC1CCC2(CC1)CN=Cc1ccccc12. The summed E-state index contributed by atoms with van der Waals surface area (Å²) in [6, 6.07) is 8.56. The van der Waals surface area contributed by atoms with Gasteiger partial charge in [-0.05, 0) is 36.8 Å². The van der Waals surface area contributed by atoms with Crippen molar-refractivity contribution in [3.63, 3.8) is 0 Å². The minimum atomic E-state index is -0.0938. The number of benzene rings is 1. The van der Waals surface area contributed by atoms with E-state index in [-0.39, 0.29) is 11.5 Å². The third-order valence-corrected chi connectivity index (χ3v) is 4.07. The van der Waals surface area contributed by atoms with Crippen molar-refractivity contribution in [1.82, 2.24) is 0 Å². The molecule has 1 aromatic rings. The Balaban J connectivity index is 2.00. The van der Waals surface area contributed by atoms with Gasteiger partial charge in [0, 0.05) is 18.2 Å². The molecule has 0 unspecified atom stereocenters. The first kappa shape index (κ1) is 10.0. The minimum absolute atomic E-state index is 0.0938. The summed E-state index contributed by atoms with van der Waals surface area (Å²) in [6.45, 7) is 0.900. The first-order valence-electron chi connectivity index (χ1n) is 6.08. The molecule has 0 atom stereocenters. The minimum Gasteiger partial charge on any atom is -0.393 e. The topological polar surface area (TPSA) is 32.6 Å². The van der Waals surface area contributed by atoms with Gasteiger partial charge < -0.3 is 5.11 Å². The van der Waals surface area contributed by atoms with Gasteiger partial charge in [0.1, 0.15) is 0 Å². The zero-order chi connectivity index (χ0) is 11.0. The Morgan fingerprint density at radius 1 is 1.19 bits per heavy atom. The van der Waals surface area contributed by atoms with E-state index in [1.165, 1.54) is 11.1 Å². The van der Waals surface area contributed by atoms with Crippen LogP contribution in [-0.2, 0) is 5.41 Å². The number of rotatable bonds is 0. The van der Waals surface area contributed by atoms with Crippen molar-refractivity contribution in [1.29, 1.82) is 0 Å². The zero-order valence-corrected chi connectivity index (χ0v) is 9.39. The summed E-state index contributed by atoms with van der Waals surface area (Å²) >= 11 is 0. The lowest BCUT2D eigenvalue weighted by Gasteiger charge is -2.40. The van der Waals surface area contributed by atoms with Crippen molar-refractivity contribution >= 4 is 6.21 Å². The van der Waals surface area contributed by atoms with Crippen molar-refractivity contribution in [3.8, 4) is 0 Å². The molecule has 0 bridgehead atoms. The molecular formula is C14H17NO. The Labute approximate surface area is 96.0 Å². The molecule has 1 aliphatic carbocycles. The highest BCUT2D eigenvalue weighted by molar-refractivity contribution is 5.83. The Morgan fingerprint density at radius 2 is 1.94 bits per heavy atom. The van der Waals surface area contributed by atoms with Gasteiger partial charge in [-0.25, -0.2) is 0 Å². The van der Waals surface area contributed by atoms with Crippen LogP contribution in [0.25, 0.3) is 0 Å². The molecule has 2 heteroatoms. The van der Waals surface area contributed by atoms with E-state index in [0.717, 1.165) is 32.2 Å². The molecule has 1 spiro atoms. The molecule has 1 fully saturated rings. The summed E-state index contributed by atoms with van der Waals surface area (Å²) in [4.78, 5) is 4.51. The van der Waals surface area contributed by atoms with Crippen LogP contribution >= 0.6 is 0 Å². The maximum Gasteiger partial charge on any atom is 0.0541 e. The smallest absolute Gasteiger partial charge is 0.0541 e. The van der Waals surface area contributed by atoms with E-state index in [1.54, 1.807) is 0 Å². The highest BCUT2D eigenvalue weighted by atomic mass is 16.3. The van der Waals surface area contributed by atoms with Gasteiger partial charge >= 0.3 is 0 Å². The second-order valence-corrected chi connectivity index (χ2v) is 5.07. The summed E-state index contributed by atoms with van der Waals surface area (Å²) in [5.41, 5.74) is 2.92. The maximum absolute atomic E-state index is 9.63. The molecule has 1 N–H and O–H groups in total. The largest absolute Gasteiger partial charge is 0.393 e. The van der Waals surface area contributed by atoms with E-state index in [2.05, 4.69) is 29.3 Å². The van der Waals surface area contributed by atoms with Crippen LogP contribution in [0.2, 0.25) is 0 Å². The lowest BCUT2D eigenvalue weighted by Crippen LogP contribution is -2.38. The Kier molecular flexibility index (Phi) is 2.32. The third kappa shape index (κ3) is 1.49. The molecule has 84 valence electrons. The van der Waals surface area contributed by atoms with E-state index in [9.17, 15) is 5.11 Å². The van der Waals surface area contributed by atoms with Crippen LogP contribution in [0, 0.1) is 0 Å². The first-order chi connectivity index (χ1) is 7.80. The molecule has 1 heterocycles. The third-order valence-electron chi connectivity index (χ3n) is 4.07. The van der Waals surface area contributed by atoms with Crippen molar-refractivity contribution in [2.24, 2.45) is 4.99 Å². The fourth-order valence-electron chi connectivity index (χ4n) is 3.08. The van der Waals surface area contributed by atoms with Gasteiger partial charge in [0.25, 0.3) is 0 Å². The maximum atomic E-state index is 9.63. The van der Waals surface area contributed by atoms with E-state index >= 15 is 0 Å². The van der Waals surface area contributed by atoms with Crippen LogP contribution < -0.4 is 0 Å². The summed E-state index contributed by atoms with van der Waals surface area (Å²) < 4.78 is 0. The first-order valence-corrected chi connectivity index (χ1v) is 6.08. The second-order valence-electron chi connectivity index (χ2n) is 5.07. The number of hydrogen-bond donors (Lipinski definition) is 1. The zero-order valence-electron chi connectivity index (χ0n) is 9.39. The molecule has 1 aromatic carbocycles. The van der Waals surface area contributed by atoms with Gasteiger partial charge in [-0.2, -0.15) is 0 Å². The fourth-order valence-corrected chi connectivity index (χ4v) is 3.08. The Hall–Kier alpha value is -1.15. The number of hydrogen-bond acceptors (Lipinski definition) is 2. The molecule has 3 rings (SSSR count). The van der Waals surface area contributed by atoms with Crippen LogP contribution in [0.1, 0.15) is 36.8 Å². The summed E-state index contributed by atoms with van der Waals surface area (Å²) in [5.74, 6) is 0. The van der Waals surface area contributed by atoms with E-state index in [0.29, 0.717) is 0 Å². The molecule has 0 saturated heterocycles. The number of aliphatic imine (C=N–C) groups is 1. The fraction of sp³-hybridized carbons (Fsp3) is 0.500. The molecule has 2 aliphatic rings. The Morgan fingerprint density at radius 3 is 2.75 bits per heavy atom. The summed E-state index contributed by atoms with van der Waals surface area (Å²) in [5, 5.41) is 9.63. The van der Waals surface area contributed by atoms with Gasteiger partial charge in [0.15, 0.2) is 0 Å². The molecule has 16 heavy (non-hydrogen) atoms. The molecule has 1 aliphatic heterocycles. The number of nitrogens with zero attached hydrogens (tertiary/aromatic N) is 1. The molecule has 0 amide bonds. The average Bonchev–Trinajstić information content (AvgIpc) is 2.34. The van der Waals surface area contributed by atoms with E-state index in [4.69, 9.17) is 0 Å². The molecule has 2 nitrogen and oxygen atoms in total. The van der Waals surface area contributed by atoms with Gasteiger partial charge in [0.05, 0.1) is 6.10 Å². The van der Waals surface area contributed by atoms with Crippen LogP contribution in [0.15, 0.2) is 29.3 Å². The van der Waals surface area contributed by atoms with Crippen LogP contribution in [0.5, 0.6) is 0 Å². The van der Waals surface area contributed by atoms with Crippen molar-refractivity contribution < 1.29 is 5.11 Å². The molecule has 0 radical (unpaired) electrons. The predicted molar refractivity (Wildman–Crippen MR) is 65.1 cm³/mol. The molecule has 0 aromatic heterocycles. The molecular weight excluding hydrogens is 198 g/mol. The van der Waals surface area contributed by atoms with Crippen molar-refractivity contribution in [2.75, 3.05) is 6.54 Å². The van der Waals surface area contributed by atoms with Crippen molar-refractivity contribution in [3.05, 3.63) is 35.4 Å². The number of aliphatic hydroxyl groups excluding tert-OH is 1. The van der Waals surface area contributed by atoms with Crippen molar-refractivity contribution in [2.45, 2.75) is 37.2 Å². The van der Waals surface area contributed by atoms with Crippen LogP contribution in [-0.4, -0.2) is 24.0 Å². The lowest BCUT2D eigenvalue weighted by molar-refractivity contribution is 0.0972. The van der Waals surface area contributed by atoms with Gasteiger partial charge in [-0.1, -0.05) is 24.3 Å². The number of fused-ring (bicyclic) bond motifs is 2. The standard InChI is InChI=1S/C14H17NO/c16-12-5-7-14(8-6-12)10-15-9-11-3-1-2-4-13(11)14/h1-4,9,12,16H,5-8,10H2. The summed E-state index contributed by atoms with van der Waals surface area (Å²) in [6.07, 6.45) is 5.88. The predicted octanol–water partition coefficient (Wildman–Crippen LogP) is 2.29.